The van der Waals surface area contributed by atoms with Crippen LogP contribution < -0.4 is 5.32 Å². The van der Waals surface area contributed by atoms with Crippen molar-refractivity contribution in [2.24, 2.45) is 0 Å². The van der Waals surface area contributed by atoms with E-state index in [9.17, 15) is 0 Å². The van der Waals surface area contributed by atoms with E-state index >= 15 is 0 Å². The van der Waals surface area contributed by atoms with Gasteiger partial charge in [-0.05, 0) is 13.5 Å². The third-order valence-electron chi connectivity index (χ3n) is 2.69. The van der Waals surface area contributed by atoms with Gasteiger partial charge in [-0.2, -0.15) is 0 Å². The van der Waals surface area contributed by atoms with Gasteiger partial charge < -0.3 is 10.1 Å². The SMILES string of the molecule is C=CCN(CC)CCOC1(C)CNC1. The number of nitrogens with zero attached hydrogens (tertiary/aromatic N) is 1. The van der Waals surface area contributed by atoms with Crippen molar-refractivity contribution < 1.29 is 4.74 Å². The lowest BCUT2D eigenvalue weighted by atomic mass is 10.0. The number of ether oxygens (including phenoxy) is 1. The van der Waals surface area contributed by atoms with Crippen molar-refractivity contribution in [3.63, 3.8) is 0 Å². The zero-order valence-corrected chi connectivity index (χ0v) is 9.38. The monoisotopic (exact) mass is 198 g/mol. The molecule has 0 radical (unpaired) electrons. The minimum absolute atomic E-state index is 0.0909. The Kier molecular flexibility index (Phi) is 4.58. The molecule has 82 valence electrons. The van der Waals surface area contributed by atoms with Crippen LogP contribution in [0, 0.1) is 0 Å². The molecule has 3 heteroatoms. The van der Waals surface area contributed by atoms with E-state index in [4.69, 9.17) is 4.74 Å². The maximum Gasteiger partial charge on any atom is 0.0902 e. The molecule has 0 spiro atoms. The molecule has 0 amide bonds. The predicted molar refractivity (Wildman–Crippen MR) is 59.5 cm³/mol. The Labute approximate surface area is 87.1 Å². The zero-order valence-electron chi connectivity index (χ0n) is 9.38. The van der Waals surface area contributed by atoms with Crippen LogP contribution in [-0.2, 0) is 4.74 Å². The van der Waals surface area contributed by atoms with Crippen molar-refractivity contribution in [3.05, 3.63) is 12.7 Å². The summed E-state index contributed by atoms with van der Waals surface area (Å²) in [6, 6.07) is 0. The summed E-state index contributed by atoms with van der Waals surface area (Å²) in [6.07, 6.45) is 1.94. The van der Waals surface area contributed by atoms with E-state index in [0.29, 0.717) is 0 Å². The van der Waals surface area contributed by atoms with Gasteiger partial charge in [0, 0.05) is 26.2 Å². The second-order valence-electron chi connectivity index (χ2n) is 4.08. The molecule has 1 N–H and O–H groups in total. The number of likely N-dealkylation sites (N-methyl/N-ethyl adjacent to an activating group) is 1. The van der Waals surface area contributed by atoms with Gasteiger partial charge in [-0.15, -0.1) is 6.58 Å². The van der Waals surface area contributed by atoms with Crippen LogP contribution in [0.15, 0.2) is 12.7 Å². The van der Waals surface area contributed by atoms with Gasteiger partial charge in [-0.1, -0.05) is 13.0 Å². The average Bonchev–Trinajstić information content (AvgIpc) is 2.14. The molecule has 1 aliphatic rings. The van der Waals surface area contributed by atoms with E-state index < -0.39 is 0 Å². The normalized spacial score (nSPS) is 19.4. The highest BCUT2D eigenvalue weighted by Crippen LogP contribution is 2.14. The van der Waals surface area contributed by atoms with Crippen LogP contribution in [0.4, 0.5) is 0 Å². The summed E-state index contributed by atoms with van der Waals surface area (Å²) in [5, 5.41) is 3.22. The first-order chi connectivity index (χ1) is 6.70. The Bertz CT molecular complexity index is 178. The molecule has 1 heterocycles. The maximum atomic E-state index is 5.81. The van der Waals surface area contributed by atoms with Gasteiger partial charge in [0.15, 0.2) is 0 Å². The summed E-state index contributed by atoms with van der Waals surface area (Å²) >= 11 is 0. The minimum Gasteiger partial charge on any atom is -0.371 e. The second kappa shape index (κ2) is 5.49. The van der Waals surface area contributed by atoms with Crippen LogP contribution >= 0.6 is 0 Å². The summed E-state index contributed by atoms with van der Waals surface area (Å²) in [4.78, 5) is 2.32. The Morgan fingerprint density at radius 1 is 1.57 bits per heavy atom. The van der Waals surface area contributed by atoms with E-state index in [1.165, 1.54) is 0 Å². The highest BCUT2D eigenvalue weighted by Gasteiger charge is 2.32. The van der Waals surface area contributed by atoms with Gasteiger partial charge in [0.05, 0.1) is 12.2 Å². The Morgan fingerprint density at radius 2 is 2.29 bits per heavy atom. The summed E-state index contributed by atoms with van der Waals surface area (Å²) in [5.74, 6) is 0. The summed E-state index contributed by atoms with van der Waals surface area (Å²) in [7, 11) is 0. The molecule has 1 saturated heterocycles. The van der Waals surface area contributed by atoms with Crippen molar-refractivity contribution in [1.29, 1.82) is 0 Å². The predicted octanol–water partition coefficient (Wildman–Crippen LogP) is 0.873. The first-order valence-electron chi connectivity index (χ1n) is 5.38. The van der Waals surface area contributed by atoms with Crippen LogP contribution in [0.25, 0.3) is 0 Å². The summed E-state index contributed by atoms with van der Waals surface area (Å²) < 4.78 is 5.81. The summed E-state index contributed by atoms with van der Waals surface area (Å²) in [6.45, 7) is 13.9. The molecule has 0 bridgehead atoms. The minimum atomic E-state index is 0.0909. The molecular weight excluding hydrogens is 176 g/mol. The van der Waals surface area contributed by atoms with Gasteiger partial charge in [0.1, 0.15) is 0 Å². The molecule has 3 nitrogen and oxygen atoms in total. The van der Waals surface area contributed by atoms with Crippen molar-refractivity contribution in [2.45, 2.75) is 19.4 Å². The van der Waals surface area contributed by atoms with Gasteiger partial charge in [-0.25, -0.2) is 0 Å². The van der Waals surface area contributed by atoms with E-state index in [-0.39, 0.29) is 5.60 Å². The highest BCUT2D eigenvalue weighted by molar-refractivity contribution is 4.90. The quantitative estimate of drug-likeness (QED) is 0.614. The van der Waals surface area contributed by atoms with Gasteiger partial charge in [0.25, 0.3) is 0 Å². The number of rotatable bonds is 7. The van der Waals surface area contributed by atoms with Crippen molar-refractivity contribution in [3.8, 4) is 0 Å². The Hall–Kier alpha value is -0.380. The lowest BCUT2D eigenvalue weighted by Crippen LogP contribution is -2.59. The van der Waals surface area contributed by atoms with E-state index in [2.05, 4.69) is 30.6 Å². The topological polar surface area (TPSA) is 24.5 Å². The largest absolute Gasteiger partial charge is 0.371 e. The third kappa shape index (κ3) is 3.40. The molecule has 0 saturated carbocycles. The van der Waals surface area contributed by atoms with Crippen LogP contribution in [0.2, 0.25) is 0 Å². The molecule has 0 atom stereocenters. The molecule has 1 fully saturated rings. The standard InChI is InChI=1S/C11H22N2O/c1-4-6-13(5-2)7-8-14-11(3)9-12-10-11/h4,12H,1,5-10H2,2-3H3. The molecule has 1 rings (SSSR count). The van der Waals surface area contributed by atoms with Gasteiger partial charge in [0.2, 0.25) is 0 Å². The molecule has 0 aromatic rings. The van der Waals surface area contributed by atoms with E-state index in [1.54, 1.807) is 0 Å². The van der Waals surface area contributed by atoms with Crippen molar-refractivity contribution in [2.75, 3.05) is 39.3 Å². The fourth-order valence-corrected chi connectivity index (χ4v) is 1.56. The lowest BCUT2D eigenvalue weighted by Gasteiger charge is -2.39. The van der Waals surface area contributed by atoms with Crippen molar-refractivity contribution >= 4 is 0 Å². The maximum absolute atomic E-state index is 5.81. The fraction of sp³-hybridized carbons (Fsp3) is 0.818. The van der Waals surface area contributed by atoms with Crippen molar-refractivity contribution in [1.82, 2.24) is 10.2 Å². The average molecular weight is 198 g/mol. The molecule has 0 aliphatic carbocycles. The number of hydrogen-bond acceptors (Lipinski definition) is 3. The number of nitrogens with one attached hydrogen (secondary N) is 1. The lowest BCUT2D eigenvalue weighted by molar-refractivity contribution is -0.0713. The first-order valence-corrected chi connectivity index (χ1v) is 5.38. The van der Waals surface area contributed by atoms with Crippen LogP contribution in [0.1, 0.15) is 13.8 Å². The van der Waals surface area contributed by atoms with Gasteiger partial charge in [-0.3, -0.25) is 4.90 Å². The molecule has 0 aromatic carbocycles. The molecule has 1 aliphatic heterocycles. The van der Waals surface area contributed by atoms with Crippen LogP contribution in [-0.4, -0.2) is 49.8 Å². The van der Waals surface area contributed by atoms with Crippen LogP contribution in [0.5, 0.6) is 0 Å². The number of hydrogen-bond donors (Lipinski definition) is 1. The molecule has 0 aromatic heterocycles. The zero-order chi connectivity index (χ0) is 10.4. The highest BCUT2D eigenvalue weighted by atomic mass is 16.5. The molecular formula is C11H22N2O. The summed E-state index contributed by atoms with van der Waals surface area (Å²) in [5.41, 5.74) is 0.0909. The van der Waals surface area contributed by atoms with E-state index in [1.807, 2.05) is 6.08 Å². The van der Waals surface area contributed by atoms with E-state index in [0.717, 1.165) is 39.3 Å². The smallest absolute Gasteiger partial charge is 0.0902 e. The van der Waals surface area contributed by atoms with Crippen LogP contribution in [0.3, 0.4) is 0 Å². The molecule has 14 heavy (non-hydrogen) atoms. The second-order valence-corrected chi connectivity index (χ2v) is 4.08. The first kappa shape index (κ1) is 11.7. The third-order valence-corrected chi connectivity index (χ3v) is 2.69. The Morgan fingerprint density at radius 3 is 2.71 bits per heavy atom. The Balaban J connectivity index is 2.09. The van der Waals surface area contributed by atoms with Gasteiger partial charge >= 0.3 is 0 Å². The fourth-order valence-electron chi connectivity index (χ4n) is 1.56. The molecule has 0 unspecified atom stereocenters.